The molecule has 2 aromatic carbocycles. The summed E-state index contributed by atoms with van der Waals surface area (Å²) in [4.78, 5) is 17.7. The van der Waals surface area contributed by atoms with Crippen molar-refractivity contribution in [2.75, 3.05) is 0 Å². The first-order chi connectivity index (χ1) is 17.0. The molecule has 0 atom stereocenters. The van der Waals surface area contributed by atoms with E-state index in [4.69, 9.17) is 0 Å². The molecule has 10 heteroatoms. The molecule has 0 radical (unpaired) electrons. The lowest BCUT2D eigenvalue weighted by atomic mass is 9.97. The highest BCUT2D eigenvalue weighted by Crippen LogP contribution is 2.36. The number of thioether (sulfide) groups is 1. The summed E-state index contributed by atoms with van der Waals surface area (Å²) < 4.78 is 38.4. The number of nitrogens with zero attached hydrogens (tertiary/aromatic N) is 4. The van der Waals surface area contributed by atoms with E-state index in [1.807, 2.05) is 30.3 Å². The third-order valence-corrected chi connectivity index (χ3v) is 6.40. The van der Waals surface area contributed by atoms with E-state index in [2.05, 4.69) is 46.4 Å². The number of halogens is 3. The SMILES string of the molecule is CC(C)(C)Sc1ncc(-c2ccccc2-c2nn[nH]n2)cc1CC(=O)Cc1ccc(C(F)(F)F)cc1. The highest BCUT2D eigenvalue weighted by atomic mass is 32.2. The molecular weight excluding hydrogens is 487 g/mol. The lowest BCUT2D eigenvalue weighted by Crippen LogP contribution is -2.12. The van der Waals surface area contributed by atoms with E-state index in [1.165, 1.54) is 12.1 Å². The zero-order valence-electron chi connectivity index (χ0n) is 19.9. The van der Waals surface area contributed by atoms with E-state index in [0.717, 1.165) is 39.4 Å². The fourth-order valence-corrected chi connectivity index (χ4v) is 4.62. The number of aromatic amines is 1. The van der Waals surface area contributed by atoms with Gasteiger partial charge in [-0.25, -0.2) is 4.98 Å². The van der Waals surface area contributed by atoms with E-state index in [0.29, 0.717) is 11.4 Å². The monoisotopic (exact) mass is 511 g/mol. The second kappa shape index (κ2) is 10.2. The van der Waals surface area contributed by atoms with Crippen molar-refractivity contribution in [3.05, 3.63) is 77.5 Å². The summed E-state index contributed by atoms with van der Waals surface area (Å²) >= 11 is 1.56. The zero-order chi connectivity index (χ0) is 25.9. The van der Waals surface area contributed by atoms with Gasteiger partial charge in [-0.3, -0.25) is 4.79 Å². The molecule has 0 aliphatic heterocycles. The quantitative estimate of drug-likeness (QED) is 0.298. The standard InChI is InChI=1S/C26H24F3N5OS/c1-25(2,3)36-24-17(14-20(35)12-16-8-10-19(11-9-16)26(27,28)29)13-18(15-30-24)21-6-4-5-7-22(21)23-31-33-34-32-23/h4-11,13,15H,12,14H2,1-3H3,(H,31,32,33,34). The molecule has 2 heterocycles. The Morgan fingerprint density at radius 2 is 1.67 bits per heavy atom. The van der Waals surface area contributed by atoms with Gasteiger partial charge >= 0.3 is 6.18 Å². The number of hydrogen-bond donors (Lipinski definition) is 1. The minimum absolute atomic E-state index is 0.0292. The van der Waals surface area contributed by atoms with Crippen LogP contribution in [-0.2, 0) is 23.8 Å². The van der Waals surface area contributed by atoms with Crippen molar-refractivity contribution >= 4 is 17.5 Å². The van der Waals surface area contributed by atoms with Crippen molar-refractivity contribution in [1.29, 1.82) is 0 Å². The number of alkyl halides is 3. The topological polar surface area (TPSA) is 84.4 Å². The maximum atomic E-state index is 13.0. The molecule has 6 nitrogen and oxygen atoms in total. The number of Topliss-reactive ketones (excluding diaryl/α,β-unsaturated/α-hetero) is 1. The molecule has 0 aliphatic rings. The highest BCUT2D eigenvalue weighted by Gasteiger charge is 2.30. The van der Waals surface area contributed by atoms with Gasteiger partial charge in [-0.05, 0) is 40.1 Å². The number of tetrazole rings is 1. The summed E-state index contributed by atoms with van der Waals surface area (Å²) in [5.74, 6) is 0.328. The molecule has 186 valence electrons. The summed E-state index contributed by atoms with van der Waals surface area (Å²) in [6, 6.07) is 14.2. The fourth-order valence-electron chi connectivity index (χ4n) is 3.67. The molecule has 0 unspecified atom stereocenters. The van der Waals surface area contributed by atoms with E-state index in [-0.39, 0.29) is 23.4 Å². The summed E-state index contributed by atoms with van der Waals surface area (Å²) in [7, 11) is 0. The van der Waals surface area contributed by atoms with Crippen molar-refractivity contribution in [2.45, 2.75) is 49.6 Å². The molecule has 0 saturated heterocycles. The average Bonchev–Trinajstić information content (AvgIpc) is 3.34. The summed E-state index contributed by atoms with van der Waals surface area (Å²) in [5.41, 5.74) is 2.96. The molecule has 36 heavy (non-hydrogen) atoms. The number of hydrogen-bond acceptors (Lipinski definition) is 6. The summed E-state index contributed by atoms with van der Waals surface area (Å²) in [6.45, 7) is 6.19. The van der Waals surface area contributed by atoms with Crippen molar-refractivity contribution in [1.82, 2.24) is 25.6 Å². The van der Waals surface area contributed by atoms with Gasteiger partial charge < -0.3 is 0 Å². The third-order valence-electron chi connectivity index (χ3n) is 5.22. The second-order valence-corrected chi connectivity index (χ2v) is 11.1. The first kappa shape index (κ1) is 25.6. The van der Waals surface area contributed by atoms with Gasteiger partial charge in [0.15, 0.2) is 0 Å². The summed E-state index contributed by atoms with van der Waals surface area (Å²) in [5, 5.41) is 15.0. The molecule has 0 fully saturated rings. The molecule has 4 rings (SSSR count). The van der Waals surface area contributed by atoms with Gasteiger partial charge in [0.2, 0.25) is 5.82 Å². The normalized spacial score (nSPS) is 12.1. The number of nitrogens with one attached hydrogen (secondary N) is 1. The Labute approximate surface area is 210 Å². The number of carbonyl (C=O) groups is 1. The molecule has 4 aromatic rings. The molecule has 0 saturated carbocycles. The smallest absolute Gasteiger partial charge is 0.299 e. The van der Waals surface area contributed by atoms with Crippen LogP contribution >= 0.6 is 11.8 Å². The van der Waals surface area contributed by atoms with E-state index < -0.39 is 11.7 Å². The number of aromatic nitrogens is 5. The van der Waals surface area contributed by atoms with Crippen LogP contribution in [0.25, 0.3) is 22.5 Å². The Bertz CT molecular complexity index is 1350. The number of H-pyrrole nitrogens is 1. The molecule has 0 spiro atoms. The van der Waals surface area contributed by atoms with Crippen LogP contribution in [0.4, 0.5) is 13.2 Å². The van der Waals surface area contributed by atoms with E-state index >= 15 is 0 Å². The van der Waals surface area contributed by atoms with Crippen LogP contribution in [0.1, 0.15) is 37.5 Å². The maximum Gasteiger partial charge on any atom is 0.416 e. The van der Waals surface area contributed by atoms with E-state index in [1.54, 1.807) is 18.0 Å². The number of carbonyl (C=O) groups excluding carboxylic acids is 1. The Hall–Kier alpha value is -3.53. The second-order valence-electron chi connectivity index (χ2n) is 9.27. The van der Waals surface area contributed by atoms with Crippen LogP contribution in [0.5, 0.6) is 0 Å². The molecule has 0 bridgehead atoms. The number of ketones is 1. The molecule has 0 amide bonds. The van der Waals surface area contributed by atoms with Crippen molar-refractivity contribution in [3.8, 4) is 22.5 Å². The number of rotatable bonds is 7. The van der Waals surface area contributed by atoms with Crippen LogP contribution in [0.3, 0.4) is 0 Å². The third kappa shape index (κ3) is 6.37. The van der Waals surface area contributed by atoms with Crippen LogP contribution in [0.2, 0.25) is 0 Å². The lowest BCUT2D eigenvalue weighted by Gasteiger charge is -2.20. The van der Waals surface area contributed by atoms with Gasteiger partial charge in [0.1, 0.15) is 10.8 Å². The van der Waals surface area contributed by atoms with Gasteiger partial charge in [0, 0.05) is 34.9 Å². The number of pyridine rings is 1. The number of benzene rings is 2. The van der Waals surface area contributed by atoms with Gasteiger partial charge in [-0.2, -0.15) is 18.4 Å². The van der Waals surface area contributed by atoms with Crippen LogP contribution < -0.4 is 0 Å². The molecule has 2 aromatic heterocycles. The predicted octanol–water partition coefficient (Wildman–Crippen LogP) is 6.19. The Morgan fingerprint density at radius 3 is 2.28 bits per heavy atom. The highest BCUT2D eigenvalue weighted by molar-refractivity contribution is 8.00. The van der Waals surface area contributed by atoms with E-state index in [9.17, 15) is 18.0 Å². The maximum absolute atomic E-state index is 13.0. The zero-order valence-corrected chi connectivity index (χ0v) is 20.7. The van der Waals surface area contributed by atoms with Crippen molar-refractivity contribution in [2.24, 2.45) is 0 Å². The van der Waals surface area contributed by atoms with Crippen LogP contribution in [0.15, 0.2) is 65.8 Å². The fraction of sp³-hybridized carbons (Fsp3) is 0.269. The minimum atomic E-state index is -4.41. The lowest BCUT2D eigenvalue weighted by molar-refractivity contribution is -0.137. The van der Waals surface area contributed by atoms with Crippen LogP contribution in [0, 0.1) is 0 Å². The molecular formula is C26H24F3N5OS. The van der Waals surface area contributed by atoms with Crippen molar-refractivity contribution < 1.29 is 18.0 Å². The Kier molecular flexibility index (Phi) is 7.26. The predicted molar refractivity (Wildman–Crippen MR) is 132 cm³/mol. The molecule has 0 aliphatic carbocycles. The molecule has 1 N–H and O–H groups in total. The first-order valence-electron chi connectivity index (χ1n) is 11.2. The minimum Gasteiger partial charge on any atom is -0.299 e. The van der Waals surface area contributed by atoms with Crippen molar-refractivity contribution in [3.63, 3.8) is 0 Å². The van der Waals surface area contributed by atoms with Gasteiger partial charge in [0.05, 0.1) is 5.56 Å². The Morgan fingerprint density at radius 1 is 0.972 bits per heavy atom. The van der Waals surface area contributed by atoms with Gasteiger partial charge in [-0.1, -0.05) is 57.2 Å². The average molecular weight is 512 g/mol. The largest absolute Gasteiger partial charge is 0.416 e. The van der Waals surface area contributed by atoms with Crippen LogP contribution in [-0.4, -0.2) is 36.1 Å². The van der Waals surface area contributed by atoms with Gasteiger partial charge in [-0.15, -0.1) is 22.0 Å². The van der Waals surface area contributed by atoms with Gasteiger partial charge in [0.25, 0.3) is 0 Å². The first-order valence-corrected chi connectivity index (χ1v) is 12.0. The summed E-state index contributed by atoms with van der Waals surface area (Å²) in [6.07, 6.45) is -2.52. The Balaban J connectivity index is 1.64.